The molecule has 0 radical (unpaired) electrons. The number of rotatable bonds is 4. The summed E-state index contributed by atoms with van der Waals surface area (Å²) in [5, 5.41) is 3.48. The molecule has 0 fully saturated rings. The number of hydrogen-bond acceptors (Lipinski definition) is 4. The first-order valence-electron chi connectivity index (χ1n) is 5.68. The minimum absolute atomic E-state index is 0.146. The molecular formula is C13H13ClFN3O. The maximum Gasteiger partial charge on any atom is 0.318 e. The minimum atomic E-state index is -0.280. The van der Waals surface area contributed by atoms with Gasteiger partial charge < -0.3 is 10.1 Å². The van der Waals surface area contributed by atoms with E-state index in [2.05, 4.69) is 15.3 Å². The molecule has 100 valence electrons. The molecule has 1 unspecified atom stereocenters. The van der Waals surface area contributed by atoms with Crippen LogP contribution in [0.15, 0.2) is 30.5 Å². The number of halogens is 2. The van der Waals surface area contributed by atoms with Crippen LogP contribution >= 0.6 is 11.6 Å². The number of anilines is 1. The Hall–Kier alpha value is -1.88. The second-order valence-electron chi connectivity index (χ2n) is 3.97. The van der Waals surface area contributed by atoms with Crippen LogP contribution in [0.3, 0.4) is 0 Å². The predicted molar refractivity (Wildman–Crippen MR) is 72.0 cm³/mol. The van der Waals surface area contributed by atoms with E-state index in [1.807, 2.05) is 13.0 Å². The third kappa shape index (κ3) is 3.32. The van der Waals surface area contributed by atoms with Gasteiger partial charge in [-0.2, -0.15) is 4.98 Å². The molecule has 1 aromatic heterocycles. The second-order valence-corrected chi connectivity index (χ2v) is 4.38. The van der Waals surface area contributed by atoms with E-state index in [0.29, 0.717) is 10.8 Å². The Bertz CT molecular complexity index is 580. The molecule has 0 aliphatic heterocycles. The highest BCUT2D eigenvalue weighted by Gasteiger charge is 2.11. The van der Waals surface area contributed by atoms with Gasteiger partial charge in [0.2, 0.25) is 0 Å². The fourth-order valence-electron chi connectivity index (χ4n) is 1.61. The summed E-state index contributed by atoms with van der Waals surface area (Å²) in [4.78, 5) is 7.99. The Morgan fingerprint density at radius 3 is 2.89 bits per heavy atom. The van der Waals surface area contributed by atoms with Gasteiger partial charge in [0, 0.05) is 0 Å². The van der Waals surface area contributed by atoms with Crippen molar-refractivity contribution in [2.75, 3.05) is 12.4 Å². The number of ether oxygens (including phenoxy) is 1. The first kappa shape index (κ1) is 13.5. The SMILES string of the molecule is COc1ncc(Cl)c(NC(C)c2cccc(F)c2)n1. The van der Waals surface area contributed by atoms with E-state index in [4.69, 9.17) is 16.3 Å². The Kier molecular flexibility index (Phi) is 4.16. The van der Waals surface area contributed by atoms with Crippen molar-refractivity contribution in [2.45, 2.75) is 13.0 Å². The van der Waals surface area contributed by atoms with E-state index >= 15 is 0 Å². The first-order valence-corrected chi connectivity index (χ1v) is 6.06. The maximum atomic E-state index is 13.2. The Balaban J connectivity index is 2.21. The number of benzene rings is 1. The van der Waals surface area contributed by atoms with Crippen molar-refractivity contribution in [2.24, 2.45) is 0 Å². The van der Waals surface area contributed by atoms with E-state index in [-0.39, 0.29) is 17.9 Å². The summed E-state index contributed by atoms with van der Waals surface area (Å²) >= 11 is 6.00. The number of methoxy groups -OCH3 is 1. The number of nitrogens with one attached hydrogen (secondary N) is 1. The lowest BCUT2D eigenvalue weighted by Crippen LogP contribution is -2.09. The second kappa shape index (κ2) is 5.84. The first-order chi connectivity index (χ1) is 9.10. The molecule has 4 nitrogen and oxygen atoms in total. The monoisotopic (exact) mass is 281 g/mol. The van der Waals surface area contributed by atoms with Crippen molar-refractivity contribution in [3.05, 3.63) is 46.9 Å². The zero-order valence-electron chi connectivity index (χ0n) is 10.5. The molecule has 2 rings (SSSR count). The summed E-state index contributed by atoms with van der Waals surface area (Å²) < 4.78 is 18.1. The molecule has 1 N–H and O–H groups in total. The zero-order valence-corrected chi connectivity index (χ0v) is 11.3. The summed E-state index contributed by atoms with van der Waals surface area (Å²) in [5.74, 6) is 0.169. The van der Waals surface area contributed by atoms with Gasteiger partial charge in [-0.15, -0.1) is 0 Å². The van der Waals surface area contributed by atoms with Gasteiger partial charge in [0.1, 0.15) is 10.8 Å². The molecule has 6 heteroatoms. The maximum absolute atomic E-state index is 13.2. The number of nitrogens with zero attached hydrogens (tertiary/aromatic N) is 2. The average Bonchev–Trinajstić information content (AvgIpc) is 2.41. The van der Waals surface area contributed by atoms with Crippen LogP contribution in [-0.2, 0) is 0 Å². The smallest absolute Gasteiger partial charge is 0.318 e. The van der Waals surface area contributed by atoms with Gasteiger partial charge in [-0.1, -0.05) is 23.7 Å². The van der Waals surface area contributed by atoms with Crippen LogP contribution in [0.4, 0.5) is 10.2 Å². The van der Waals surface area contributed by atoms with E-state index < -0.39 is 0 Å². The van der Waals surface area contributed by atoms with Crippen molar-refractivity contribution < 1.29 is 9.13 Å². The quantitative estimate of drug-likeness (QED) is 0.932. The molecule has 0 spiro atoms. The van der Waals surface area contributed by atoms with Crippen molar-refractivity contribution >= 4 is 17.4 Å². The van der Waals surface area contributed by atoms with Gasteiger partial charge in [0.05, 0.1) is 19.3 Å². The molecule has 0 aliphatic rings. The van der Waals surface area contributed by atoms with Crippen molar-refractivity contribution in [1.29, 1.82) is 0 Å². The summed E-state index contributed by atoms with van der Waals surface area (Å²) in [6.07, 6.45) is 1.45. The molecule has 19 heavy (non-hydrogen) atoms. The van der Waals surface area contributed by atoms with E-state index in [1.54, 1.807) is 6.07 Å². The highest BCUT2D eigenvalue weighted by Crippen LogP contribution is 2.25. The zero-order chi connectivity index (χ0) is 13.8. The lowest BCUT2D eigenvalue weighted by molar-refractivity contribution is 0.380. The normalized spacial score (nSPS) is 12.0. The predicted octanol–water partition coefficient (Wildman–Crippen LogP) is 3.45. The van der Waals surface area contributed by atoms with Crippen molar-refractivity contribution in [3.8, 4) is 6.01 Å². The third-order valence-electron chi connectivity index (χ3n) is 2.61. The fourth-order valence-corrected chi connectivity index (χ4v) is 1.76. The Morgan fingerprint density at radius 2 is 2.21 bits per heavy atom. The van der Waals surface area contributed by atoms with Crippen LogP contribution in [0, 0.1) is 5.82 Å². The highest BCUT2D eigenvalue weighted by atomic mass is 35.5. The molecule has 1 aromatic carbocycles. The number of aromatic nitrogens is 2. The summed E-state index contributed by atoms with van der Waals surface area (Å²) in [6, 6.07) is 6.42. The summed E-state index contributed by atoms with van der Waals surface area (Å²) in [6.45, 7) is 1.89. The van der Waals surface area contributed by atoms with E-state index in [0.717, 1.165) is 5.56 Å². The standard InChI is InChI=1S/C13H13ClFN3O/c1-8(9-4-3-5-10(15)6-9)17-12-11(14)7-16-13(18-12)19-2/h3-8H,1-2H3,(H,16,17,18). The summed E-state index contributed by atoms with van der Waals surface area (Å²) in [5.41, 5.74) is 0.800. The van der Waals surface area contributed by atoms with Crippen LogP contribution in [0.5, 0.6) is 6.01 Å². The lowest BCUT2D eigenvalue weighted by Gasteiger charge is -2.16. The molecule has 1 atom stereocenters. The molecular weight excluding hydrogens is 269 g/mol. The van der Waals surface area contributed by atoms with Gasteiger partial charge >= 0.3 is 6.01 Å². The van der Waals surface area contributed by atoms with Crippen molar-refractivity contribution in [1.82, 2.24) is 9.97 Å². The van der Waals surface area contributed by atoms with E-state index in [9.17, 15) is 4.39 Å². The van der Waals surface area contributed by atoms with Gasteiger partial charge in [-0.3, -0.25) is 0 Å². The average molecular weight is 282 g/mol. The molecule has 0 amide bonds. The number of hydrogen-bond donors (Lipinski definition) is 1. The highest BCUT2D eigenvalue weighted by molar-refractivity contribution is 6.32. The molecule has 0 aliphatic carbocycles. The molecule has 0 saturated heterocycles. The van der Waals surface area contributed by atoms with E-state index in [1.165, 1.54) is 25.4 Å². The molecule has 0 bridgehead atoms. The van der Waals surface area contributed by atoms with Crippen LogP contribution in [-0.4, -0.2) is 17.1 Å². The van der Waals surface area contributed by atoms with Crippen molar-refractivity contribution in [3.63, 3.8) is 0 Å². The topological polar surface area (TPSA) is 47.0 Å². The minimum Gasteiger partial charge on any atom is -0.467 e. The fraction of sp³-hybridized carbons (Fsp3) is 0.231. The largest absolute Gasteiger partial charge is 0.467 e. The molecule has 2 aromatic rings. The van der Waals surface area contributed by atoms with Crippen LogP contribution in [0.2, 0.25) is 5.02 Å². The van der Waals surface area contributed by atoms with Gasteiger partial charge in [-0.05, 0) is 24.6 Å². The van der Waals surface area contributed by atoms with Gasteiger partial charge in [0.25, 0.3) is 0 Å². The Morgan fingerprint density at radius 1 is 1.42 bits per heavy atom. The third-order valence-corrected chi connectivity index (χ3v) is 2.88. The lowest BCUT2D eigenvalue weighted by atomic mass is 10.1. The van der Waals surface area contributed by atoms with Crippen LogP contribution in [0.25, 0.3) is 0 Å². The van der Waals surface area contributed by atoms with Gasteiger partial charge in [0.15, 0.2) is 5.82 Å². The van der Waals surface area contributed by atoms with Crippen LogP contribution in [0.1, 0.15) is 18.5 Å². The molecule has 1 heterocycles. The summed E-state index contributed by atoms with van der Waals surface area (Å²) in [7, 11) is 1.48. The molecule has 0 saturated carbocycles. The van der Waals surface area contributed by atoms with Gasteiger partial charge in [-0.25, -0.2) is 9.37 Å². The van der Waals surface area contributed by atoms with Crippen LogP contribution < -0.4 is 10.1 Å². The Labute approximate surface area is 115 Å².